The zero-order valence-electron chi connectivity index (χ0n) is 13.9. The molecule has 0 fully saturated rings. The van der Waals surface area contributed by atoms with E-state index in [1.165, 1.54) is 12.1 Å². The number of hydrogen-bond donors (Lipinski definition) is 0. The number of hydrogen-bond acceptors (Lipinski definition) is 5. The van der Waals surface area contributed by atoms with Gasteiger partial charge in [-0.05, 0) is 30.7 Å². The molecule has 28 heavy (non-hydrogen) atoms. The average molecular weight is 420 g/mol. The van der Waals surface area contributed by atoms with Gasteiger partial charge in [0.05, 0.1) is 0 Å². The molecule has 0 unspecified atom stereocenters. The van der Waals surface area contributed by atoms with Crippen molar-refractivity contribution in [1.82, 2.24) is 9.97 Å². The number of halogens is 6. The molecule has 3 aromatic heterocycles. The number of thiophene rings is 1. The molecule has 0 radical (unpaired) electrons. The molecule has 11 heteroatoms. The number of aryl methyl sites for hydroxylation is 1. The zero-order valence-corrected chi connectivity index (χ0v) is 14.7. The SMILES string of the molecule is Cc1cc(Oc2ccc(C(F)(F)F)s2)nc(Oc2ccncc2C(F)(F)F)c1. The number of alkyl halides is 6. The van der Waals surface area contributed by atoms with Crippen molar-refractivity contribution in [2.75, 3.05) is 0 Å². The summed E-state index contributed by atoms with van der Waals surface area (Å²) in [4.78, 5) is 6.49. The highest BCUT2D eigenvalue weighted by atomic mass is 32.1. The van der Waals surface area contributed by atoms with E-state index in [1.54, 1.807) is 6.92 Å². The monoisotopic (exact) mass is 420 g/mol. The topological polar surface area (TPSA) is 44.2 Å². The van der Waals surface area contributed by atoms with Crippen LogP contribution in [0.4, 0.5) is 26.3 Å². The third-order valence-electron chi connectivity index (χ3n) is 3.29. The van der Waals surface area contributed by atoms with E-state index in [9.17, 15) is 26.3 Å². The summed E-state index contributed by atoms with van der Waals surface area (Å²) in [6, 6.07) is 5.80. The molecular weight excluding hydrogens is 410 g/mol. The van der Waals surface area contributed by atoms with Crippen LogP contribution < -0.4 is 9.47 Å². The molecule has 3 heterocycles. The molecule has 0 aromatic carbocycles. The summed E-state index contributed by atoms with van der Waals surface area (Å²) in [5, 5.41) is -0.0729. The van der Waals surface area contributed by atoms with Crippen LogP contribution in [0.1, 0.15) is 16.0 Å². The Balaban J connectivity index is 1.86. The van der Waals surface area contributed by atoms with Gasteiger partial charge in [-0.3, -0.25) is 4.98 Å². The van der Waals surface area contributed by atoms with Crippen LogP contribution in [0.5, 0.6) is 22.6 Å². The van der Waals surface area contributed by atoms with Crippen LogP contribution in [0.3, 0.4) is 0 Å². The van der Waals surface area contributed by atoms with Crippen LogP contribution in [-0.2, 0) is 12.4 Å². The lowest BCUT2D eigenvalue weighted by atomic mass is 10.2. The Hall–Kier alpha value is -2.82. The van der Waals surface area contributed by atoms with Crippen molar-refractivity contribution in [3.8, 4) is 22.6 Å². The van der Waals surface area contributed by atoms with Gasteiger partial charge in [-0.15, -0.1) is 0 Å². The largest absolute Gasteiger partial charge is 0.438 e. The summed E-state index contributed by atoms with van der Waals surface area (Å²) in [5.74, 6) is -0.838. The third kappa shape index (κ3) is 4.71. The Labute approximate surface area is 158 Å². The lowest BCUT2D eigenvalue weighted by Gasteiger charge is -2.13. The fourth-order valence-electron chi connectivity index (χ4n) is 2.14. The van der Waals surface area contributed by atoms with Crippen LogP contribution in [0.25, 0.3) is 0 Å². The van der Waals surface area contributed by atoms with Gasteiger partial charge in [0.25, 0.3) is 0 Å². The van der Waals surface area contributed by atoms with Gasteiger partial charge >= 0.3 is 12.4 Å². The van der Waals surface area contributed by atoms with Crippen LogP contribution in [-0.4, -0.2) is 9.97 Å². The van der Waals surface area contributed by atoms with Gasteiger partial charge in [0.2, 0.25) is 11.8 Å². The van der Waals surface area contributed by atoms with Crippen molar-refractivity contribution in [2.45, 2.75) is 19.3 Å². The van der Waals surface area contributed by atoms with Gasteiger partial charge in [0, 0.05) is 24.5 Å². The number of aromatic nitrogens is 2. The standard InChI is InChI=1S/C17H10F6N2O2S/c1-9-6-13(26-11-4-5-24-8-10(11)16(18,19)20)25-14(7-9)27-15-3-2-12(28-15)17(21,22)23/h2-8H,1H3. The molecule has 4 nitrogen and oxygen atoms in total. The molecule has 148 valence electrons. The number of nitrogens with zero attached hydrogens (tertiary/aromatic N) is 2. The molecule has 0 aliphatic heterocycles. The van der Waals surface area contributed by atoms with Gasteiger partial charge in [-0.2, -0.15) is 31.3 Å². The fraction of sp³-hybridized carbons (Fsp3) is 0.176. The maximum Gasteiger partial charge on any atom is 0.425 e. The molecule has 0 aliphatic rings. The summed E-state index contributed by atoms with van der Waals surface area (Å²) in [6.45, 7) is 1.61. The number of ether oxygens (including phenoxy) is 2. The lowest BCUT2D eigenvalue weighted by molar-refractivity contribution is -0.139. The van der Waals surface area contributed by atoms with E-state index in [1.807, 2.05) is 0 Å². The highest BCUT2D eigenvalue weighted by molar-refractivity contribution is 7.13. The average Bonchev–Trinajstić information content (AvgIpc) is 3.02. The summed E-state index contributed by atoms with van der Waals surface area (Å²) in [7, 11) is 0. The van der Waals surface area contributed by atoms with Gasteiger partial charge in [0.15, 0.2) is 5.06 Å². The smallest absolute Gasteiger partial charge is 0.425 e. The molecule has 3 aromatic rings. The second-order valence-electron chi connectivity index (χ2n) is 5.51. The summed E-state index contributed by atoms with van der Waals surface area (Å²) in [6.07, 6.45) is -7.44. The van der Waals surface area contributed by atoms with Gasteiger partial charge in [-0.1, -0.05) is 11.3 Å². The van der Waals surface area contributed by atoms with Crippen molar-refractivity contribution in [2.24, 2.45) is 0 Å². The van der Waals surface area contributed by atoms with E-state index in [2.05, 4.69) is 9.97 Å². The Morgan fingerprint density at radius 2 is 1.57 bits per heavy atom. The molecule has 0 saturated heterocycles. The summed E-state index contributed by atoms with van der Waals surface area (Å²) >= 11 is 0.371. The molecule has 0 atom stereocenters. The number of rotatable bonds is 4. The lowest BCUT2D eigenvalue weighted by Crippen LogP contribution is -2.08. The second kappa shape index (κ2) is 7.30. The van der Waals surface area contributed by atoms with Crippen LogP contribution in [0.15, 0.2) is 42.7 Å². The summed E-state index contributed by atoms with van der Waals surface area (Å²) < 4.78 is 87.7. The first-order chi connectivity index (χ1) is 13.0. The van der Waals surface area contributed by atoms with Crippen LogP contribution in [0, 0.1) is 6.92 Å². The van der Waals surface area contributed by atoms with E-state index < -0.39 is 28.5 Å². The van der Waals surface area contributed by atoms with Crippen molar-refractivity contribution < 1.29 is 35.8 Å². The predicted octanol–water partition coefficient (Wildman–Crippen LogP) is 6.47. The van der Waals surface area contributed by atoms with E-state index in [0.29, 0.717) is 23.1 Å². The molecule has 0 N–H and O–H groups in total. The third-order valence-corrected chi connectivity index (χ3v) is 4.30. The minimum atomic E-state index is -4.68. The molecule has 0 saturated carbocycles. The van der Waals surface area contributed by atoms with E-state index in [4.69, 9.17) is 9.47 Å². The Bertz CT molecular complexity index is 984. The maximum absolute atomic E-state index is 13.0. The normalized spacial score (nSPS) is 12.1. The van der Waals surface area contributed by atoms with Crippen molar-refractivity contribution in [3.05, 3.63) is 58.7 Å². The Morgan fingerprint density at radius 1 is 0.893 bits per heavy atom. The Morgan fingerprint density at radius 3 is 2.18 bits per heavy atom. The second-order valence-corrected chi connectivity index (χ2v) is 6.56. The molecular formula is C17H10F6N2O2S. The highest BCUT2D eigenvalue weighted by Gasteiger charge is 2.35. The highest BCUT2D eigenvalue weighted by Crippen LogP contribution is 2.40. The predicted molar refractivity (Wildman–Crippen MR) is 87.7 cm³/mol. The molecule has 0 aliphatic carbocycles. The first kappa shape index (κ1) is 19.9. The van der Waals surface area contributed by atoms with E-state index >= 15 is 0 Å². The zero-order chi connectivity index (χ0) is 20.5. The maximum atomic E-state index is 13.0. The minimum absolute atomic E-state index is 0.0729. The molecule has 0 bridgehead atoms. The van der Waals surface area contributed by atoms with Gasteiger partial charge in [-0.25, -0.2) is 0 Å². The first-order valence-electron chi connectivity index (χ1n) is 7.55. The Kier molecular flexibility index (Phi) is 5.20. The minimum Gasteiger partial charge on any atom is -0.438 e. The van der Waals surface area contributed by atoms with Crippen molar-refractivity contribution >= 4 is 11.3 Å². The first-order valence-corrected chi connectivity index (χ1v) is 8.36. The molecule has 0 amide bonds. The summed E-state index contributed by atoms with van der Waals surface area (Å²) in [5.41, 5.74) is -0.566. The van der Waals surface area contributed by atoms with Gasteiger partial charge < -0.3 is 9.47 Å². The fourth-order valence-corrected chi connectivity index (χ4v) is 2.87. The van der Waals surface area contributed by atoms with Crippen molar-refractivity contribution in [3.63, 3.8) is 0 Å². The molecule has 0 spiro atoms. The van der Waals surface area contributed by atoms with Crippen LogP contribution >= 0.6 is 11.3 Å². The quantitative estimate of drug-likeness (QED) is 0.454. The van der Waals surface area contributed by atoms with E-state index in [0.717, 1.165) is 24.4 Å². The van der Waals surface area contributed by atoms with Gasteiger partial charge in [0.1, 0.15) is 16.2 Å². The van der Waals surface area contributed by atoms with Crippen molar-refractivity contribution in [1.29, 1.82) is 0 Å². The van der Waals surface area contributed by atoms with E-state index in [-0.39, 0.29) is 16.8 Å². The molecule has 3 rings (SSSR count). The van der Waals surface area contributed by atoms with Crippen LogP contribution in [0.2, 0.25) is 0 Å². The number of pyridine rings is 2.